The van der Waals surface area contributed by atoms with Gasteiger partial charge in [-0.3, -0.25) is 4.79 Å². The van der Waals surface area contributed by atoms with Crippen LogP contribution in [0, 0.1) is 0 Å². The summed E-state index contributed by atoms with van der Waals surface area (Å²) in [6.45, 7) is 4.58. The Morgan fingerprint density at radius 2 is 2.06 bits per heavy atom. The Balaban J connectivity index is 2.34. The van der Waals surface area contributed by atoms with Gasteiger partial charge in [-0.05, 0) is 38.0 Å². The summed E-state index contributed by atoms with van der Waals surface area (Å²) >= 11 is 0. The maximum Gasteiger partial charge on any atom is 0.248 e. The molecule has 0 aliphatic heterocycles. The molecule has 0 saturated heterocycles. The minimum absolute atomic E-state index is 0.337. The molecule has 0 heterocycles. The van der Waals surface area contributed by atoms with E-state index in [9.17, 15) is 4.79 Å². The van der Waals surface area contributed by atoms with Gasteiger partial charge in [0.15, 0.2) is 0 Å². The standard InChI is InChI=1S/C13H19NO3/c1-3-17-12-6-4-11(5-7-12)8-9-14-13(16)10(2)15/h4-7,10,15H,3,8-9H2,1-2H3,(H,14,16)/t10-/m0/s1. The predicted octanol–water partition coefficient (Wildman–Crippen LogP) is 1.12. The van der Waals surface area contributed by atoms with Crippen LogP contribution in [0.4, 0.5) is 0 Å². The van der Waals surface area contributed by atoms with Crippen LogP contribution in [0.1, 0.15) is 19.4 Å². The molecule has 0 unspecified atom stereocenters. The molecule has 17 heavy (non-hydrogen) atoms. The number of hydrogen-bond acceptors (Lipinski definition) is 3. The van der Waals surface area contributed by atoms with Gasteiger partial charge in [0.25, 0.3) is 0 Å². The van der Waals surface area contributed by atoms with Crippen molar-refractivity contribution in [2.75, 3.05) is 13.2 Å². The minimum Gasteiger partial charge on any atom is -0.494 e. The van der Waals surface area contributed by atoms with E-state index in [1.807, 2.05) is 31.2 Å². The fraction of sp³-hybridized carbons (Fsp3) is 0.462. The van der Waals surface area contributed by atoms with Crippen molar-refractivity contribution in [1.29, 1.82) is 0 Å². The normalized spacial score (nSPS) is 11.9. The molecular weight excluding hydrogens is 218 g/mol. The van der Waals surface area contributed by atoms with Crippen molar-refractivity contribution in [2.45, 2.75) is 26.4 Å². The zero-order valence-electron chi connectivity index (χ0n) is 10.3. The molecule has 94 valence electrons. The fourth-order valence-corrected chi connectivity index (χ4v) is 1.40. The lowest BCUT2D eigenvalue weighted by Crippen LogP contribution is -2.33. The van der Waals surface area contributed by atoms with E-state index in [-0.39, 0.29) is 5.91 Å². The lowest BCUT2D eigenvalue weighted by Gasteiger charge is -2.07. The zero-order chi connectivity index (χ0) is 12.7. The molecule has 4 heteroatoms. The average molecular weight is 237 g/mol. The molecule has 1 amide bonds. The van der Waals surface area contributed by atoms with Gasteiger partial charge in [-0.2, -0.15) is 0 Å². The van der Waals surface area contributed by atoms with Crippen molar-refractivity contribution < 1.29 is 14.6 Å². The Kier molecular flexibility index (Phi) is 5.49. The highest BCUT2D eigenvalue weighted by Crippen LogP contribution is 2.12. The molecule has 0 saturated carbocycles. The van der Waals surface area contributed by atoms with Crippen molar-refractivity contribution in [3.05, 3.63) is 29.8 Å². The minimum atomic E-state index is -0.949. The maximum atomic E-state index is 11.1. The molecule has 0 aliphatic carbocycles. The second-order valence-corrected chi connectivity index (χ2v) is 3.79. The largest absolute Gasteiger partial charge is 0.494 e. The molecule has 1 aromatic rings. The van der Waals surface area contributed by atoms with Crippen LogP contribution in [0.5, 0.6) is 5.75 Å². The third-order valence-electron chi connectivity index (χ3n) is 2.33. The van der Waals surface area contributed by atoms with E-state index < -0.39 is 6.10 Å². The van der Waals surface area contributed by atoms with Gasteiger partial charge in [-0.1, -0.05) is 12.1 Å². The molecule has 1 atom stereocenters. The highest BCUT2D eigenvalue weighted by molar-refractivity contribution is 5.79. The predicted molar refractivity (Wildman–Crippen MR) is 66.0 cm³/mol. The Labute approximate surface area is 102 Å². The van der Waals surface area contributed by atoms with Crippen LogP contribution < -0.4 is 10.1 Å². The summed E-state index contributed by atoms with van der Waals surface area (Å²) in [5, 5.41) is 11.6. The summed E-state index contributed by atoms with van der Waals surface area (Å²) in [6.07, 6.45) is -0.208. The number of nitrogens with one attached hydrogen (secondary N) is 1. The number of hydrogen-bond donors (Lipinski definition) is 2. The Hall–Kier alpha value is -1.55. The smallest absolute Gasteiger partial charge is 0.248 e. The van der Waals surface area contributed by atoms with Gasteiger partial charge in [0.1, 0.15) is 11.9 Å². The van der Waals surface area contributed by atoms with Crippen LogP contribution >= 0.6 is 0 Å². The molecule has 0 fully saturated rings. The Bertz CT molecular complexity index is 346. The number of carbonyl (C=O) groups excluding carboxylic acids is 1. The molecule has 4 nitrogen and oxygen atoms in total. The Morgan fingerprint density at radius 1 is 1.41 bits per heavy atom. The average Bonchev–Trinajstić information content (AvgIpc) is 2.31. The summed E-state index contributed by atoms with van der Waals surface area (Å²) in [7, 11) is 0. The highest BCUT2D eigenvalue weighted by Gasteiger charge is 2.06. The van der Waals surface area contributed by atoms with E-state index in [4.69, 9.17) is 9.84 Å². The molecule has 0 aromatic heterocycles. The number of aliphatic hydroxyl groups excluding tert-OH is 1. The molecule has 0 spiro atoms. The third-order valence-corrected chi connectivity index (χ3v) is 2.33. The number of amides is 1. The monoisotopic (exact) mass is 237 g/mol. The van der Waals surface area contributed by atoms with Gasteiger partial charge in [-0.15, -0.1) is 0 Å². The van der Waals surface area contributed by atoms with Crippen molar-refractivity contribution in [1.82, 2.24) is 5.32 Å². The molecule has 2 N–H and O–H groups in total. The van der Waals surface area contributed by atoms with Gasteiger partial charge >= 0.3 is 0 Å². The lowest BCUT2D eigenvalue weighted by atomic mass is 10.1. The third kappa shape index (κ3) is 4.87. The van der Waals surface area contributed by atoms with E-state index in [2.05, 4.69) is 5.32 Å². The number of rotatable bonds is 6. The van der Waals surface area contributed by atoms with Crippen molar-refractivity contribution >= 4 is 5.91 Å². The number of benzene rings is 1. The lowest BCUT2D eigenvalue weighted by molar-refractivity contribution is -0.128. The van der Waals surface area contributed by atoms with E-state index in [1.165, 1.54) is 6.92 Å². The quantitative estimate of drug-likeness (QED) is 0.779. The first kappa shape index (κ1) is 13.5. The van der Waals surface area contributed by atoms with Crippen molar-refractivity contribution in [3.8, 4) is 5.75 Å². The van der Waals surface area contributed by atoms with Crippen LogP contribution in [-0.4, -0.2) is 30.3 Å². The fourth-order valence-electron chi connectivity index (χ4n) is 1.40. The van der Waals surface area contributed by atoms with Gasteiger partial charge in [-0.25, -0.2) is 0 Å². The van der Waals surface area contributed by atoms with E-state index in [0.717, 1.165) is 17.7 Å². The highest BCUT2D eigenvalue weighted by atomic mass is 16.5. The molecule has 1 aromatic carbocycles. The van der Waals surface area contributed by atoms with Gasteiger partial charge in [0.2, 0.25) is 5.91 Å². The zero-order valence-corrected chi connectivity index (χ0v) is 10.3. The summed E-state index contributed by atoms with van der Waals surface area (Å²) < 4.78 is 5.33. The summed E-state index contributed by atoms with van der Waals surface area (Å²) in [6, 6.07) is 7.77. The topological polar surface area (TPSA) is 58.6 Å². The maximum absolute atomic E-state index is 11.1. The van der Waals surface area contributed by atoms with E-state index in [1.54, 1.807) is 0 Å². The number of aliphatic hydroxyl groups is 1. The van der Waals surface area contributed by atoms with Crippen LogP contribution in [0.15, 0.2) is 24.3 Å². The SMILES string of the molecule is CCOc1ccc(CCNC(=O)[C@H](C)O)cc1. The van der Waals surface area contributed by atoms with Crippen LogP contribution in [0.25, 0.3) is 0 Å². The van der Waals surface area contributed by atoms with Crippen molar-refractivity contribution in [2.24, 2.45) is 0 Å². The molecule has 0 bridgehead atoms. The number of ether oxygens (including phenoxy) is 1. The van der Waals surface area contributed by atoms with E-state index in [0.29, 0.717) is 13.2 Å². The summed E-state index contributed by atoms with van der Waals surface area (Å²) in [5.74, 6) is 0.514. The van der Waals surface area contributed by atoms with Crippen LogP contribution in [0.2, 0.25) is 0 Å². The van der Waals surface area contributed by atoms with Gasteiger partial charge in [0.05, 0.1) is 6.61 Å². The molecule has 1 rings (SSSR count). The van der Waals surface area contributed by atoms with E-state index >= 15 is 0 Å². The van der Waals surface area contributed by atoms with Crippen molar-refractivity contribution in [3.63, 3.8) is 0 Å². The first-order valence-electron chi connectivity index (χ1n) is 5.81. The summed E-state index contributed by atoms with van der Waals surface area (Å²) in [5.41, 5.74) is 1.12. The molecule has 0 aliphatic rings. The second kappa shape index (κ2) is 6.91. The summed E-state index contributed by atoms with van der Waals surface area (Å²) in [4.78, 5) is 11.1. The van der Waals surface area contributed by atoms with Crippen LogP contribution in [-0.2, 0) is 11.2 Å². The Morgan fingerprint density at radius 3 is 2.59 bits per heavy atom. The molecular formula is C13H19NO3. The van der Waals surface area contributed by atoms with Gasteiger partial charge < -0.3 is 15.2 Å². The number of carbonyl (C=O) groups is 1. The molecule has 0 radical (unpaired) electrons. The van der Waals surface area contributed by atoms with Gasteiger partial charge in [0, 0.05) is 6.54 Å². The van der Waals surface area contributed by atoms with Crippen LogP contribution in [0.3, 0.4) is 0 Å². The first-order valence-corrected chi connectivity index (χ1v) is 5.81. The second-order valence-electron chi connectivity index (χ2n) is 3.79. The first-order chi connectivity index (χ1) is 8.13.